The van der Waals surface area contributed by atoms with Crippen LogP contribution in [0.2, 0.25) is 0 Å². The summed E-state index contributed by atoms with van der Waals surface area (Å²) < 4.78 is 2.55. The van der Waals surface area contributed by atoms with Crippen LogP contribution in [0, 0.1) is 0 Å². The summed E-state index contributed by atoms with van der Waals surface area (Å²) in [6.45, 7) is 19.2. The van der Waals surface area contributed by atoms with Crippen molar-refractivity contribution in [3.05, 3.63) is 68.8 Å². The summed E-state index contributed by atoms with van der Waals surface area (Å²) in [4.78, 5) is 14.4. The van der Waals surface area contributed by atoms with E-state index in [-0.39, 0.29) is 23.1 Å². The predicted molar refractivity (Wildman–Crippen MR) is 179 cm³/mol. The third kappa shape index (κ3) is 5.25. The molecule has 210 valence electrons. The molecule has 2 aliphatic heterocycles. The fraction of sp³-hybridized carbons (Fsp3) is 0.444. The molecule has 2 aliphatic rings. The largest absolute Gasteiger partial charge is 2.00 e. The molecule has 0 saturated carbocycles. The molecule has 4 nitrogen and oxygen atoms in total. The first kappa shape index (κ1) is 31.3. The van der Waals surface area contributed by atoms with Crippen molar-refractivity contribution in [1.82, 2.24) is 19.5 Å². The van der Waals surface area contributed by atoms with E-state index in [9.17, 15) is 0 Å². The molecule has 0 spiro atoms. The van der Waals surface area contributed by atoms with E-state index >= 15 is 0 Å². The van der Waals surface area contributed by atoms with Crippen LogP contribution in [-0.4, -0.2) is 42.6 Å². The number of hydrogen-bond donors (Lipinski definition) is 1. The number of hydrogen-bond acceptors (Lipinski definition) is 2. The van der Waals surface area contributed by atoms with E-state index in [1.807, 2.05) is 0 Å². The van der Waals surface area contributed by atoms with Gasteiger partial charge >= 0.3 is 23.1 Å². The molecule has 5 heterocycles. The summed E-state index contributed by atoms with van der Waals surface area (Å²) in [6, 6.07) is 6.80. The molecule has 41 heavy (non-hydrogen) atoms. The van der Waals surface area contributed by atoms with Crippen molar-refractivity contribution in [2.24, 2.45) is 0 Å². The number of nitrogens with one attached hydrogen (secondary N) is 1. The van der Waals surface area contributed by atoms with E-state index in [0.29, 0.717) is 0 Å². The van der Waals surface area contributed by atoms with Crippen molar-refractivity contribution in [3.63, 3.8) is 0 Å². The van der Waals surface area contributed by atoms with Crippen molar-refractivity contribution < 1.29 is 0 Å². The number of nitrogens with zero attached hydrogens (tertiary/aromatic N) is 3. The van der Waals surface area contributed by atoms with Crippen LogP contribution in [0.25, 0.3) is 45.4 Å². The third-order valence-electron chi connectivity index (χ3n) is 8.85. The van der Waals surface area contributed by atoms with Gasteiger partial charge in [-0.05, 0) is 110 Å². The zero-order chi connectivity index (χ0) is 28.6. The Bertz CT molecular complexity index is 1680. The first-order valence-electron chi connectivity index (χ1n) is 15.7. The minimum absolute atomic E-state index is 0. The van der Waals surface area contributed by atoms with Crippen molar-refractivity contribution in [3.8, 4) is 0 Å². The van der Waals surface area contributed by atoms with E-state index in [4.69, 9.17) is 9.97 Å². The molecule has 0 unspecified atom stereocenters. The van der Waals surface area contributed by atoms with Crippen molar-refractivity contribution >= 4 is 68.4 Å². The topological polar surface area (TPSA) is 46.5 Å². The van der Waals surface area contributed by atoms with Crippen LogP contribution >= 0.6 is 0 Å². The van der Waals surface area contributed by atoms with Crippen molar-refractivity contribution in [2.45, 2.75) is 107 Å². The predicted octanol–water partition coefficient (Wildman–Crippen LogP) is 9.14. The van der Waals surface area contributed by atoms with Gasteiger partial charge in [-0.1, -0.05) is 48.5 Å². The number of allylic oxidation sites excluding steroid dienone is 2. The average Bonchev–Trinajstić information content (AvgIpc) is 3.73. The molecule has 0 atom stereocenters. The molecule has 0 amide bonds. The molecular formula is C36H46MgN4+2. The Labute approximate surface area is 262 Å². The zero-order valence-electron chi connectivity index (χ0n) is 26.6. The Morgan fingerprint density at radius 1 is 0.610 bits per heavy atom. The molecule has 0 fully saturated rings. The van der Waals surface area contributed by atoms with Crippen LogP contribution in [-0.2, 0) is 38.6 Å². The quantitative estimate of drug-likeness (QED) is 0.219. The van der Waals surface area contributed by atoms with Crippen LogP contribution in [0.5, 0.6) is 0 Å². The molecule has 5 heteroatoms. The first-order valence-corrected chi connectivity index (χ1v) is 15.7. The second kappa shape index (κ2) is 13.1. The van der Waals surface area contributed by atoms with Crippen LogP contribution in [0.1, 0.15) is 119 Å². The van der Waals surface area contributed by atoms with E-state index < -0.39 is 0 Å². The Morgan fingerprint density at radius 3 is 1.73 bits per heavy atom. The maximum atomic E-state index is 5.61. The molecule has 0 aromatic carbocycles. The molecule has 3 aromatic heterocycles. The monoisotopic (exact) mass is 558 g/mol. The van der Waals surface area contributed by atoms with Crippen LogP contribution in [0.15, 0.2) is 18.2 Å². The minimum atomic E-state index is 0. The Hall–Kier alpha value is -2.63. The molecular weight excluding hydrogens is 513 g/mol. The van der Waals surface area contributed by atoms with Gasteiger partial charge in [-0.25, -0.2) is 9.97 Å². The molecule has 0 radical (unpaired) electrons. The zero-order valence-corrected chi connectivity index (χ0v) is 28.0. The van der Waals surface area contributed by atoms with Gasteiger partial charge < -0.3 is 9.55 Å². The van der Waals surface area contributed by atoms with Gasteiger partial charge in [0, 0.05) is 34.2 Å². The number of rotatable bonds is 8. The van der Waals surface area contributed by atoms with E-state index in [1.165, 1.54) is 66.9 Å². The standard InChI is InChI=1S/C36H46N4.Mg/c1-9-22-19-25-20-23-17-18-24(37-23)21-32-26(10-2)29(13-5)36(40(32)16-8)31(15-7)35-28(12-4)27(11-3)34(39-35)30(14-6)33(22)38-25;/h17-21,38H,9-16H2,1-8H3;/q;+2. The smallest absolute Gasteiger partial charge is 0.355 e. The van der Waals surface area contributed by atoms with Gasteiger partial charge in [0.1, 0.15) is 0 Å². The van der Waals surface area contributed by atoms with E-state index in [1.54, 1.807) is 0 Å². The maximum absolute atomic E-state index is 5.61. The molecule has 8 bridgehead atoms. The second-order valence-electron chi connectivity index (χ2n) is 10.8. The van der Waals surface area contributed by atoms with Crippen molar-refractivity contribution in [1.29, 1.82) is 0 Å². The number of aryl methyl sites for hydroxylation is 6. The Morgan fingerprint density at radius 2 is 1.20 bits per heavy atom. The Kier molecular flexibility index (Phi) is 10.0. The van der Waals surface area contributed by atoms with E-state index in [2.05, 4.69) is 95.3 Å². The van der Waals surface area contributed by atoms with Gasteiger partial charge in [-0.3, -0.25) is 0 Å². The molecule has 5 rings (SSSR count). The van der Waals surface area contributed by atoms with E-state index in [0.717, 1.165) is 68.4 Å². The minimum Gasteiger partial charge on any atom is -0.355 e. The van der Waals surface area contributed by atoms with Gasteiger partial charge in [0.25, 0.3) is 0 Å². The Balaban J connectivity index is 0.00000387. The number of aromatic amines is 1. The molecule has 0 aliphatic carbocycles. The molecule has 1 N–H and O–H groups in total. The fourth-order valence-electron chi connectivity index (χ4n) is 7.06. The summed E-state index contributed by atoms with van der Waals surface area (Å²) in [7, 11) is 0. The van der Waals surface area contributed by atoms with Crippen LogP contribution in [0.3, 0.4) is 0 Å². The van der Waals surface area contributed by atoms with Crippen molar-refractivity contribution in [2.75, 3.05) is 0 Å². The number of fused-ring (bicyclic) bond motifs is 8. The van der Waals surface area contributed by atoms with Gasteiger partial charge in [0.2, 0.25) is 0 Å². The SMILES string of the molecule is CCC1=C(CC)c2nc1c(CC)c1[nH]c(cc3nc(cc4c(CC)c(CC)c(c2CC)n4CC)C=C3)cc1CC.[Mg+2]. The second-order valence-corrected chi connectivity index (χ2v) is 10.8. The van der Waals surface area contributed by atoms with Gasteiger partial charge in [0.05, 0.1) is 28.3 Å². The normalized spacial score (nSPS) is 12.8. The third-order valence-corrected chi connectivity index (χ3v) is 8.85. The fourth-order valence-corrected chi connectivity index (χ4v) is 7.06. The average molecular weight is 559 g/mol. The maximum Gasteiger partial charge on any atom is 2.00 e. The summed E-state index contributed by atoms with van der Waals surface area (Å²) in [5.74, 6) is 0. The van der Waals surface area contributed by atoms with Gasteiger partial charge in [-0.15, -0.1) is 0 Å². The van der Waals surface area contributed by atoms with Gasteiger partial charge in [0.15, 0.2) is 0 Å². The summed E-state index contributed by atoms with van der Waals surface area (Å²) in [5.41, 5.74) is 19.3. The summed E-state index contributed by atoms with van der Waals surface area (Å²) >= 11 is 0. The summed E-state index contributed by atoms with van der Waals surface area (Å²) in [5, 5.41) is 0. The molecule has 0 saturated heterocycles. The molecule has 3 aromatic rings. The van der Waals surface area contributed by atoms with Crippen LogP contribution < -0.4 is 0 Å². The summed E-state index contributed by atoms with van der Waals surface area (Å²) in [6.07, 6.45) is 11.2. The van der Waals surface area contributed by atoms with Crippen LogP contribution in [0.4, 0.5) is 0 Å². The number of H-pyrrole nitrogens is 1. The first-order chi connectivity index (χ1) is 19.5. The van der Waals surface area contributed by atoms with Gasteiger partial charge in [-0.2, -0.15) is 0 Å². The number of aromatic nitrogens is 4.